The molecule has 0 unspecified atom stereocenters. The molecule has 0 saturated carbocycles. The zero-order valence-electron chi connectivity index (χ0n) is 40.4. The summed E-state index contributed by atoms with van der Waals surface area (Å²) in [5.41, 5.74) is 0. The summed E-state index contributed by atoms with van der Waals surface area (Å²) in [6.07, 6.45) is 46.8. The van der Waals surface area contributed by atoms with Crippen molar-refractivity contribution in [2.24, 2.45) is 11.8 Å². The average Bonchev–Trinajstić information content (AvgIpc) is 3.20. The van der Waals surface area contributed by atoms with Gasteiger partial charge in [0.05, 0.1) is 0 Å². The molecule has 0 bridgehead atoms. The van der Waals surface area contributed by atoms with Crippen molar-refractivity contribution in [3.63, 3.8) is 0 Å². The van der Waals surface area contributed by atoms with Gasteiger partial charge in [0.1, 0.15) is 13.2 Å². The number of hydrogen-bond acceptors (Lipinski definition) is 6. The van der Waals surface area contributed by atoms with Gasteiger partial charge in [-0.1, -0.05) is 253 Å². The minimum atomic E-state index is -0.760. The Morgan fingerprint density at radius 2 is 0.559 bits per heavy atom. The highest BCUT2D eigenvalue weighted by Crippen LogP contribution is 2.17. The Kier molecular flexibility index (Phi) is 44.7. The monoisotopic (exact) mass is 835 g/mol. The topological polar surface area (TPSA) is 78.9 Å². The molecule has 0 aliphatic carbocycles. The zero-order chi connectivity index (χ0) is 43.3. The smallest absolute Gasteiger partial charge is 0.306 e. The van der Waals surface area contributed by atoms with Crippen molar-refractivity contribution in [1.82, 2.24) is 0 Å². The predicted molar refractivity (Wildman–Crippen MR) is 252 cm³/mol. The Hall–Kier alpha value is -1.59. The summed E-state index contributed by atoms with van der Waals surface area (Å²) in [6.45, 7) is 11.4. The van der Waals surface area contributed by atoms with Crippen LogP contribution >= 0.6 is 0 Å². The second-order valence-corrected chi connectivity index (χ2v) is 19.1. The lowest BCUT2D eigenvalue weighted by atomic mass is 10.0. The van der Waals surface area contributed by atoms with Crippen molar-refractivity contribution in [3.8, 4) is 0 Å². The fourth-order valence-electron chi connectivity index (χ4n) is 7.99. The third kappa shape index (κ3) is 47.3. The number of esters is 3. The number of carbonyl (C=O) groups is 3. The van der Waals surface area contributed by atoms with E-state index >= 15 is 0 Å². The second kappa shape index (κ2) is 45.9. The van der Waals surface area contributed by atoms with E-state index < -0.39 is 6.10 Å². The Morgan fingerprint density at radius 3 is 0.831 bits per heavy atom. The van der Waals surface area contributed by atoms with Crippen LogP contribution in [0.2, 0.25) is 0 Å². The molecule has 0 radical (unpaired) electrons. The maximum atomic E-state index is 12.8. The Labute approximate surface area is 368 Å². The van der Waals surface area contributed by atoms with Crippen molar-refractivity contribution in [2.45, 2.75) is 298 Å². The normalized spacial score (nSPS) is 12.1. The largest absolute Gasteiger partial charge is 0.462 e. The molecule has 1 atom stereocenters. The van der Waals surface area contributed by atoms with Crippen molar-refractivity contribution >= 4 is 17.9 Å². The minimum absolute atomic E-state index is 0.0639. The van der Waals surface area contributed by atoms with Crippen LogP contribution in [-0.2, 0) is 28.6 Å². The Balaban J connectivity index is 4.18. The van der Waals surface area contributed by atoms with Gasteiger partial charge in [-0.05, 0) is 31.1 Å². The van der Waals surface area contributed by atoms with Gasteiger partial charge < -0.3 is 14.2 Å². The molecule has 6 nitrogen and oxygen atoms in total. The van der Waals surface area contributed by atoms with Gasteiger partial charge in [0.15, 0.2) is 6.10 Å². The summed E-state index contributed by atoms with van der Waals surface area (Å²) in [7, 11) is 0. The van der Waals surface area contributed by atoms with Crippen LogP contribution in [0.1, 0.15) is 291 Å². The number of rotatable bonds is 47. The van der Waals surface area contributed by atoms with E-state index in [2.05, 4.69) is 34.6 Å². The number of carbonyl (C=O) groups excluding carboxylic acids is 3. The molecule has 0 aliphatic heterocycles. The van der Waals surface area contributed by atoms with Crippen LogP contribution in [0.5, 0.6) is 0 Å². The highest BCUT2D eigenvalue weighted by atomic mass is 16.6. The van der Waals surface area contributed by atoms with Gasteiger partial charge in [-0.25, -0.2) is 0 Å². The molecule has 59 heavy (non-hydrogen) atoms. The third-order valence-corrected chi connectivity index (χ3v) is 12.0. The quantitative estimate of drug-likeness (QED) is 0.0345. The molecule has 0 rings (SSSR count). The maximum Gasteiger partial charge on any atom is 0.306 e. The van der Waals surface area contributed by atoms with Crippen molar-refractivity contribution in [3.05, 3.63) is 0 Å². The van der Waals surface area contributed by atoms with Crippen molar-refractivity contribution < 1.29 is 28.6 Å². The molecular weight excluding hydrogens is 733 g/mol. The fourth-order valence-corrected chi connectivity index (χ4v) is 7.99. The maximum absolute atomic E-state index is 12.8. The summed E-state index contributed by atoms with van der Waals surface area (Å²) in [6, 6.07) is 0. The highest BCUT2D eigenvalue weighted by molar-refractivity contribution is 5.71. The average molecular weight is 835 g/mol. The van der Waals surface area contributed by atoms with Gasteiger partial charge in [0.2, 0.25) is 0 Å². The van der Waals surface area contributed by atoms with Gasteiger partial charge >= 0.3 is 17.9 Å². The molecule has 0 aliphatic rings. The van der Waals surface area contributed by atoms with E-state index in [1.807, 2.05) is 0 Å². The van der Waals surface area contributed by atoms with Crippen LogP contribution in [0.3, 0.4) is 0 Å². The van der Waals surface area contributed by atoms with Gasteiger partial charge in [-0.15, -0.1) is 0 Å². The van der Waals surface area contributed by atoms with Crippen LogP contribution in [0.15, 0.2) is 0 Å². The molecule has 0 aromatic heterocycles. The fraction of sp³-hybridized carbons (Fsp3) is 0.943. The molecule has 0 N–H and O–H groups in total. The van der Waals surface area contributed by atoms with E-state index in [-0.39, 0.29) is 31.1 Å². The molecule has 350 valence electrons. The Bertz CT molecular complexity index is 900. The van der Waals surface area contributed by atoms with Crippen LogP contribution in [-0.4, -0.2) is 37.2 Å². The summed E-state index contributed by atoms with van der Waals surface area (Å²) in [5, 5.41) is 0. The number of hydrogen-bond donors (Lipinski definition) is 0. The Morgan fingerprint density at radius 1 is 0.322 bits per heavy atom. The molecule has 0 aromatic carbocycles. The third-order valence-electron chi connectivity index (χ3n) is 12.0. The lowest BCUT2D eigenvalue weighted by Gasteiger charge is -2.18. The van der Waals surface area contributed by atoms with Crippen molar-refractivity contribution in [1.29, 1.82) is 0 Å². The highest BCUT2D eigenvalue weighted by Gasteiger charge is 2.19. The molecule has 0 spiro atoms. The molecule has 0 amide bonds. The first-order valence-corrected chi connectivity index (χ1v) is 26.2. The first kappa shape index (κ1) is 57.4. The van der Waals surface area contributed by atoms with E-state index in [1.165, 1.54) is 180 Å². The van der Waals surface area contributed by atoms with Gasteiger partial charge in [0.25, 0.3) is 0 Å². The van der Waals surface area contributed by atoms with Crippen LogP contribution in [0, 0.1) is 11.8 Å². The van der Waals surface area contributed by atoms with Crippen LogP contribution in [0.25, 0.3) is 0 Å². The molecule has 6 heteroatoms. The number of unbranched alkanes of at least 4 members (excludes halogenated alkanes) is 32. The molecule has 0 aromatic rings. The first-order valence-electron chi connectivity index (χ1n) is 26.2. The SMILES string of the molecule is CCCCCCCCCC(=O)OC[C@H](COC(=O)CCCCCCCCCCCCCCC(C)C)OC(=O)CCCCCCCCCCCCCCCCCCC(C)C. The van der Waals surface area contributed by atoms with E-state index in [0.29, 0.717) is 19.3 Å². The van der Waals surface area contributed by atoms with E-state index in [4.69, 9.17) is 14.2 Å². The van der Waals surface area contributed by atoms with Crippen LogP contribution in [0.4, 0.5) is 0 Å². The van der Waals surface area contributed by atoms with E-state index in [9.17, 15) is 14.4 Å². The molecular formula is C53H102O6. The second-order valence-electron chi connectivity index (χ2n) is 19.1. The minimum Gasteiger partial charge on any atom is -0.462 e. The summed E-state index contributed by atoms with van der Waals surface area (Å²) in [5.74, 6) is 0.832. The van der Waals surface area contributed by atoms with Gasteiger partial charge in [0, 0.05) is 19.3 Å². The summed E-state index contributed by atoms with van der Waals surface area (Å²) >= 11 is 0. The summed E-state index contributed by atoms with van der Waals surface area (Å²) < 4.78 is 16.8. The lowest BCUT2D eigenvalue weighted by Crippen LogP contribution is -2.30. The van der Waals surface area contributed by atoms with Crippen molar-refractivity contribution in [2.75, 3.05) is 13.2 Å². The van der Waals surface area contributed by atoms with Gasteiger partial charge in [-0.2, -0.15) is 0 Å². The zero-order valence-corrected chi connectivity index (χ0v) is 40.4. The van der Waals surface area contributed by atoms with E-state index in [0.717, 1.165) is 69.6 Å². The van der Waals surface area contributed by atoms with Gasteiger partial charge in [-0.3, -0.25) is 14.4 Å². The first-order chi connectivity index (χ1) is 28.7. The number of ether oxygens (including phenoxy) is 3. The van der Waals surface area contributed by atoms with Crippen LogP contribution < -0.4 is 0 Å². The summed E-state index contributed by atoms with van der Waals surface area (Å²) in [4.78, 5) is 37.8. The molecule has 0 heterocycles. The molecule has 0 fully saturated rings. The molecule has 0 saturated heterocycles. The lowest BCUT2D eigenvalue weighted by molar-refractivity contribution is -0.167. The standard InChI is InChI=1S/C53H102O6/c1-6-7-8-9-26-33-38-43-51(54)57-46-50(47-58-52(55)44-39-34-29-24-20-17-16-19-23-28-32-37-42-49(4)5)59-53(56)45-40-35-30-25-21-15-13-11-10-12-14-18-22-27-31-36-41-48(2)3/h48-50H,6-47H2,1-5H3/t50-/m1/s1. The van der Waals surface area contributed by atoms with E-state index in [1.54, 1.807) is 0 Å². The predicted octanol–water partition coefficient (Wildman–Crippen LogP) is 16.9.